The van der Waals surface area contributed by atoms with Gasteiger partial charge in [-0.3, -0.25) is 4.18 Å². The van der Waals surface area contributed by atoms with Gasteiger partial charge in [0.05, 0.1) is 11.9 Å². The van der Waals surface area contributed by atoms with E-state index in [4.69, 9.17) is 0 Å². The van der Waals surface area contributed by atoms with Crippen LogP contribution in [-0.2, 0) is 20.9 Å². The van der Waals surface area contributed by atoms with Gasteiger partial charge < -0.3 is 0 Å². The first-order valence-electron chi connectivity index (χ1n) is 4.89. The maximum Gasteiger partial charge on any atom is 0.264 e. The van der Waals surface area contributed by atoms with Crippen molar-refractivity contribution in [2.45, 2.75) is 6.61 Å². The molecule has 0 spiro atoms. The number of aromatic nitrogens is 1. The first-order chi connectivity index (χ1) is 8.04. The molecule has 90 valence electrons. The monoisotopic (exact) mass is 269 g/mol. The van der Waals surface area contributed by atoms with Crippen molar-refractivity contribution in [2.75, 3.05) is 6.26 Å². The molecule has 0 radical (unpaired) electrons. The Bertz CT molecular complexity index is 590. The molecule has 0 amide bonds. The van der Waals surface area contributed by atoms with Gasteiger partial charge in [-0.25, -0.2) is 4.98 Å². The van der Waals surface area contributed by atoms with Crippen molar-refractivity contribution in [2.24, 2.45) is 0 Å². The van der Waals surface area contributed by atoms with Gasteiger partial charge in [0, 0.05) is 10.9 Å². The fourth-order valence-corrected chi connectivity index (χ4v) is 2.40. The summed E-state index contributed by atoms with van der Waals surface area (Å²) in [7, 11) is -3.41. The summed E-state index contributed by atoms with van der Waals surface area (Å²) in [6, 6.07) is 9.72. The molecule has 1 aromatic carbocycles. The van der Waals surface area contributed by atoms with E-state index in [-0.39, 0.29) is 6.61 Å². The van der Waals surface area contributed by atoms with E-state index in [1.165, 1.54) is 11.3 Å². The number of nitrogens with zero attached hydrogens (tertiary/aromatic N) is 1. The third kappa shape index (κ3) is 3.62. The Balaban J connectivity index is 2.12. The lowest BCUT2D eigenvalue weighted by Crippen LogP contribution is -2.02. The number of rotatable bonds is 4. The summed E-state index contributed by atoms with van der Waals surface area (Å²) in [5.41, 5.74) is 1.64. The average molecular weight is 269 g/mol. The van der Waals surface area contributed by atoms with Gasteiger partial charge in [-0.15, -0.1) is 11.3 Å². The molecule has 0 bridgehead atoms. The van der Waals surface area contributed by atoms with Crippen molar-refractivity contribution in [3.8, 4) is 10.6 Å². The van der Waals surface area contributed by atoms with E-state index < -0.39 is 10.1 Å². The van der Waals surface area contributed by atoms with Crippen LogP contribution in [0.4, 0.5) is 0 Å². The Morgan fingerprint density at radius 3 is 2.65 bits per heavy atom. The topological polar surface area (TPSA) is 56.3 Å². The largest absolute Gasteiger partial charge is 0.264 e. The van der Waals surface area contributed by atoms with E-state index in [9.17, 15) is 8.42 Å². The molecule has 17 heavy (non-hydrogen) atoms. The molecule has 0 unspecified atom stereocenters. The molecule has 2 aromatic rings. The summed E-state index contributed by atoms with van der Waals surface area (Å²) >= 11 is 1.47. The van der Waals surface area contributed by atoms with Crippen molar-refractivity contribution >= 4 is 21.5 Å². The molecule has 2 rings (SSSR count). The zero-order valence-corrected chi connectivity index (χ0v) is 10.8. The zero-order chi connectivity index (χ0) is 12.3. The molecule has 0 aliphatic rings. The standard InChI is InChI=1S/C11H11NO3S2/c1-17(13,14)15-7-10-8-16-11(12-10)9-5-3-2-4-6-9/h2-6,8H,7H2,1H3. The first-order valence-corrected chi connectivity index (χ1v) is 7.58. The summed E-state index contributed by atoms with van der Waals surface area (Å²) in [5, 5.41) is 2.66. The second-order valence-corrected chi connectivity index (χ2v) is 5.98. The molecule has 0 aliphatic heterocycles. The lowest BCUT2D eigenvalue weighted by Gasteiger charge is -1.97. The van der Waals surface area contributed by atoms with Crippen LogP contribution in [0.2, 0.25) is 0 Å². The molecule has 0 atom stereocenters. The van der Waals surface area contributed by atoms with Crippen molar-refractivity contribution < 1.29 is 12.6 Å². The van der Waals surface area contributed by atoms with Crippen LogP contribution in [0.5, 0.6) is 0 Å². The van der Waals surface area contributed by atoms with Crippen LogP contribution in [0.25, 0.3) is 10.6 Å². The Morgan fingerprint density at radius 2 is 2.00 bits per heavy atom. The number of thiazole rings is 1. The smallest absolute Gasteiger partial charge is 0.264 e. The van der Waals surface area contributed by atoms with Gasteiger partial charge >= 0.3 is 0 Å². The van der Waals surface area contributed by atoms with Crippen molar-refractivity contribution in [1.82, 2.24) is 4.98 Å². The zero-order valence-electron chi connectivity index (χ0n) is 9.16. The molecular formula is C11H11NO3S2. The van der Waals surface area contributed by atoms with E-state index in [0.717, 1.165) is 16.8 Å². The summed E-state index contributed by atoms with van der Waals surface area (Å²) < 4.78 is 26.4. The summed E-state index contributed by atoms with van der Waals surface area (Å²) in [5.74, 6) is 0. The van der Waals surface area contributed by atoms with Crippen LogP contribution in [-0.4, -0.2) is 19.7 Å². The highest BCUT2D eigenvalue weighted by Crippen LogP contribution is 2.23. The molecule has 0 aliphatic carbocycles. The highest BCUT2D eigenvalue weighted by molar-refractivity contribution is 7.85. The predicted octanol–water partition coefficient (Wildman–Crippen LogP) is 2.29. The highest BCUT2D eigenvalue weighted by Gasteiger charge is 2.07. The summed E-state index contributed by atoms with van der Waals surface area (Å²) in [4.78, 5) is 4.31. The third-order valence-corrected chi connectivity index (χ3v) is 3.48. The molecule has 1 aromatic heterocycles. The predicted molar refractivity (Wildman–Crippen MR) is 67.2 cm³/mol. The minimum absolute atomic E-state index is 0.0117. The van der Waals surface area contributed by atoms with Gasteiger partial charge in [0.2, 0.25) is 0 Å². The molecule has 0 saturated heterocycles. The maximum absolute atomic E-state index is 10.8. The lowest BCUT2D eigenvalue weighted by molar-refractivity contribution is 0.308. The van der Waals surface area contributed by atoms with Crippen LogP contribution in [0.1, 0.15) is 5.69 Å². The first kappa shape index (κ1) is 12.2. The average Bonchev–Trinajstić information content (AvgIpc) is 2.75. The molecule has 4 nitrogen and oxygen atoms in total. The van der Waals surface area contributed by atoms with Crippen LogP contribution >= 0.6 is 11.3 Å². The molecule has 0 saturated carbocycles. The fraction of sp³-hybridized carbons (Fsp3) is 0.182. The number of hydrogen-bond donors (Lipinski definition) is 0. The normalized spacial score (nSPS) is 11.6. The summed E-state index contributed by atoms with van der Waals surface area (Å²) in [6.45, 7) is -0.0117. The van der Waals surface area contributed by atoms with Gasteiger partial charge in [0.25, 0.3) is 10.1 Å². The fourth-order valence-electron chi connectivity index (χ4n) is 1.25. The highest BCUT2D eigenvalue weighted by atomic mass is 32.2. The van der Waals surface area contributed by atoms with Crippen molar-refractivity contribution in [3.63, 3.8) is 0 Å². The van der Waals surface area contributed by atoms with E-state index in [0.29, 0.717) is 5.69 Å². The van der Waals surface area contributed by atoms with Crippen molar-refractivity contribution in [3.05, 3.63) is 41.4 Å². The van der Waals surface area contributed by atoms with Gasteiger partial charge in [-0.05, 0) is 0 Å². The second-order valence-electron chi connectivity index (χ2n) is 3.48. The van der Waals surface area contributed by atoms with Crippen LogP contribution < -0.4 is 0 Å². The quantitative estimate of drug-likeness (QED) is 0.799. The second kappa shape index (κ2) is 4.95. The van der Waals surface area contributed by atoms with Crippen LogP contribution in [0.3, 0.4) is 0 Å². The van der Waals surface area contributed by atoms with Crippen LogP contribution in [0, 0.1) is 0 Å². The Kier molecular flexibility index (Phi) is 3.56. The third-order valence-electron chi connectivity index (χ3n) is 1.99. The van der Waals surface area contributed by atoms with Crippen LogP contribution in [0.15, 0.2) is 35.7 Å². The minimum Gasteiger partial charge on any atom is -0.264 e. The minimum atomic E-state index is -3.41. The molecule has 1 heterocycles. The van der Waals surface area contributed by atoms with E-state index in [1.54, 1.807) is 5.38 Å². The number of hydrogen-bond acceptors (Lipinski definition) is 5. The van der Waals surface area contributed by atoms with E-state index in [2.05, 4.69) is 9.17 Å². The van der Waals surface area contributed by atoms with E-state index in [1.807, 2.05) is 30.3 Å². The van der Waals surface area contributed by atoms with Gasteiger partial charge in [0.15, 0.2) is 0 Å². The van der Waals surface area contributed by atoms with Gasteiger partial charge in [-0.2, -0.15) is 8.42 Å². The number of benzene rings is 1. The summed E-state index contributed by atoms with van der Waals surface area (Å²) in [6.07, 6.45) is 1.03. The maximum atomic E-state index is 10.8. The van der Waals surface area contributed by atoms with Crippen molar-refractivity contribution in [1.29, 1.82) is 0 Å². The Morgan fingerprint density at radius 1 is 1.29 bits per heavy atom. The molecular weight excluding hydrogens is 258 g/mol. The molecule has 0 N–H and O–H groups in total. The lowest BCUT2D eigenvalue weighted by atomic mass is 10.2. The van der Waals surface area contributed by atoms with E-state index >= 15 is 0 Å². The Hall–Kier alpha value is -1.24. The van der Waals surface area contributed by atoms with Gasteiger partial charge in [0.1, 0.15) is 11.6 Å². The SMILES string of the molecule is CS(=O)(=O)OCc1csc(-c2ccccc2)n1. The Labute approximate surface area is 104 Å². The molecule has 6 heteroatoms. The van der Waals surface area contributed by atoms with Gasteiger partial charge in [-0.1, -0.05) is 30.3 Å². The molecule has 0 fully saturated rings.